The molecule has 0 saturated heterocycles. The number of aromatic nitrogens is 3. The van der Waals surface area contributed by atoms with Crippen LogP contribution in [-0.4, -0.2) is 32.6 Å². The molecule has 0 fully saturated rings. The first kappa shape index (κ1) is 18.9. The van der Waals surface area contributed by atoms with E-state index in [0.717, 1.165) is 10.6 Å². The number of nitrogens with zero attached hydrogens (tertiary/aromatic N) is 5. The van der Waals surface area contributed by atoms with Crippen molar-refractivity contribution in [1.82, 2.24) is 14.9 Å². The average Bonchev–Trinajstić information content (AvgIpc) is 3.33. The Morgan fingerprint density at radius 2 is 2.11 bits per heavy atom. The van der Waals surface area contributed by atoms with E-state index in [9.17, 15) is 4.79 Å². The predicted molar refractivity (Wildman–Crippen MR) is 108 cm³/mol. The Hall–Kier alpha value is -2.83. The molecular formula is C18H18N6OS2. The number of nitriles is 1. The molecule has 0 unspecified atom stereocenters. The Kier molecular flexibility index (Phi) is 6.11. The van der Waals surface area contributed by atoms with Crippen LogP contribution in [0.1, 0.15) is 13.3 Å². The molecule has 0 saturated carbocycles. The number of rotatable bonds is 7. The van der Waals surface area contributed by atoms with Gasteiger partial charge in [-0.3, -0.25) is 4.79 Å². The Balaban J connectivity index is 1.77. The first-order chi connectivity index (χ1) is 13.1. The van der Waals surface area contributed by atoms with Crippen molar-refractivity contribution in [3.05, 3.63) is 47.8 Å². The molecule has 2 heterocycles. The second-order valence-corrected chi connectivity index (χ2v) is 7.90. The van der Waals surface area contributed by atoms with Gasteiger partial charge in [-0.05, 0) is 30.5 Å². The number of hydrogen-bond acceptors (Lipinski definition) is 7. The lowest BCUT2D eigenvalue weighted by Crippen LogP contribution is -2.37. The van der Waals surface area contributed by atoms with Gasteiger partial charge in [-0.15, -0.1) is 21.5 Å². The standard InChI is InChI=1S/C18H18N6OS2/c1-13(17(25)23(11-6-10-19)14-7-3-2-4-8-14)27-18-22-21-16(24(18)20)15-9-5-12-26-15/h2-5,7-9,12-13H,6,11,20H2,1H3/t13-/m0/s1. The molecule has 1 atom stereocenters. The third-order valence-electron chi connectivity index (χ3n) is 3.82. The fourth-order valence-corrected chi connectivity index (χ4v) is 4.03. The minimum absolute atomic E-state index is 0.109. The van der Waals surface area contributed by atoms with Crippen molar-refractivity contribution in [3.63, 3.8) is 0 Å². The molecule has 3 rings (SSSR count). The predicted octanol–water partition coefficient (Wildman–Crippen LogP) is 3.15. The summed E-state index contributed by atoms with van der Waals surface area (Å²) in [5.74, 6) is 6.58. The number of thiophene rings is 1. The van der Waals surface area contributed by atoms with E-state index < -0.39 is 5.25 Å². The maximum atomic E-state index is 13.0. The first-order valence-corrected chi connectivity index (χ1v) is 10.0. The van der Waals surface area contributed by atoms with Crippen molar-refractivity contribution in [2.45, 2.75) is 23.8 Å². The number of hydrogen-bond donors (Lipinski definition) is 1. The zero-order valence-electron chi connectivity index (χ0n) is 14.6. The molecule has 0 aliphatic heterocycles. The van der Waals surface area contributed by atoms with E-state index in [1.807, 2.05) is 47.8 Å². The lowest BCUT2D eigenvalue weighted by molar-refractivity contribution is -0.117. The lowest BCUT2D eigenvalue weighted by atomic mass is 10.2. The number of carbonyl (C=O) groups is 1. The Morgan fingerprint density at radius 1 is 1.33 bits per heavy atom. The maximum absolute atomic E-state index is 13.0. The van der Waals surface area contributed by atoms with Gasteiger partial charge < -0.3 is 10.7 Å². The van der Waals surface area contributed by atoms with Gasteiger partial charge in [0.25, 0.3) is 0 Å². The summed E-state index contributed by atoms with van der Waals surface area (Å²) in [6.45, 7) is 2.13. The van der Waals surface area contributed by atoms with Gasteiger partial charge in [0.2, 0.25) is 11.1 Å². The van der Waals surface area contributed by atoms with Crippen molar-refractivity contribution in [2.24, 2.45) is 0 Å². The number of nitrogen functional groups attached to an aromatic ring is 1. The molecular weight excluding hydrogens is 380 g/mol. The van der Waals surface area contributed by atoms with Crippen LogP contribution >= 0.6 is 23.1 Å². The molecule has 0 aliphatic rings. The minimum Gasteiger partial charge on any atom is -0.335 e. The summed E-state index contributed by atoms with van der Waals surface area (Å²) < 4.78 is 1.41. The highest BCUT2D eigenvalue weighted by Crippen LogP contribution is 2.28. The van der Waals surface area contributed by atoms with Crippen LogP contribution in [0.2, 0.25) is 0 Å². The van der Waals surface area contributed by atoms with Gasteiger partial charge in [0, 0.05) is 12.2 Å². The summed E-state index contributed by atoms with van der Waals surface area (Å²) in [5, 5.41) is 19.1. The summed E-state index contributed by atoms with van der Waals surface area (Å²) in [5.41, 5.74) is 0.763. The summed E-state index contributed by atoms with van der Waals surface area (Å²) >= 11 is 2.77. The molecule has 9 heteroatoms. The SMILES string of the molecule is C[C@H](Sc1nnc(-c2cccs2)n1N)C(=O)N(CCC#N)c1ccccc1. The minimum atomic E-state index is -0.438. The Bertz CT molecular complexity index is 933. The number of benzene rings is 1. The highest BCUT2D eigenvalue weighted by atomic mass is 32.2. The van der Waals surface area contributed by atoms with Crippen LogP contribution in [-0.2, 0) is 4.79 Å². The number of nitrogens with two attached hydrogens (primary N) is 1. The summed E-state index contributed by atoms with van der Waals surface area (Å²) in [7, 11) is 0. The number of para-hydroxylation sites is 1. The number of carbonyl (C=O) groups excluding carboxylic acids is 1. The molecule has 0 bridgehead atoms. The quantitative estimate of drug-likeness (QED) is 0.485. The van der Waals surface area contributed by atoms with Crippen LogP contribution in [0.4, 0.5) is 5.69 Å². The molecule has 2 N–H and O–H groups in total. The van der Waals surface area contributed by atoms with Crippen LogP contribution in [0, 0.1) is 11.3 Å². The molecule has 7 nitrogen and oxygen atoms in total. The van der Waals surface area contributed by atoms with Gasteiger partial charge >= 0.3 is 0 Å². The summed E-state index contributed by atoms with van der Waals surface area (Å²) in [6, 6.07) is 15.3. The molecule has 27 heavy (non-hydrogen) atoms. The van der Waals surface area contributed by atoms with Gasteiger partial charge in [-0.1, -0.05) is 36.0 Å². The molecule has 1 amide bonds. The second kappa shape index (κ2) is 8.70. The van der Waals surface area contributed by atoms with E-state index in [1.54, 1.807) is 11.8 Å². The largest absolute Gasteiger partial charge is 0.335 e. The zero-order valence-corrected chi connectivity index (χ0v) is 16.3. The molecule has 0 spiro atoms. The highest BCUT2D eigenvalue weighted by Gasteiger charge is 2.25. The van der Waals surface area contributed by atoms with Gasteiger partial charge in [0.15, 0.2) is 5.82 Å². The fourth-order valence-electron chi connectivity index (χ4n) is 2.50. The molecule has 0 radical (unpaired) electrons. The fraction of sp³-hybridized carbons (Fsp3) is 0.222. The summed E-state index contributed by atoms with van der Waals surface area (Å²) in [4.78, 5) is 15.5. The number of amides is 1. The van der Waals surface area contributed by atoms with Crippen molar-refractivity contribution in [3.8, 4) is 16.8 Å². The zero-order chi connectivity index (χ0) is 19.2. The van der Waals surface area contributed by atoms with Gasteiger partial charge in [0.1, 0.15) is 0 Å². The van der Waals surface area contributed by atoms with E-state index in [0.29, 0.717) is 17.5 Å². The van der Waals surface area contributed by atoms with E-state index >= 15 is 0 Å². The van der Waals surface area contributed by atoms with Crippen molar-refractivity contribution < 1.29 is 4.79 Å². The van der Waals surface area contributed by atoms with Gasteiger partial charge in [-0.25, -0.2) is 4.68 Å². The first-order valence-electron chi connectivity index (χ1n) is 8.26. The maximum Gasteiger partial charge on any atom is 0.240 e. The molecule has 1 aromatic carbocycles. The highest BCUT2D eigenvalue weighted by molar-refractivity contribution is 8.00. The lowest BCUT2D eigenvalue weighted by Gasteiger charge is -2.24. The second-order valence-electron chi connectivity index (χ2n) is 5.65. The topological polar surface area (TPSA) is 101 Å². The molecule has 0 aliphatic carbocycles. The smallest absolute Gasteiger partial charge is 0.240 e. The Labute approximate surface area is 165 Å². The number of thioether (sulfide) groups is 1. The van der Waals surface area contributed by atoms with Crippen molar-refractivity contribution >= 4 is 34.7 Å². The van der Waals surface area contributed by atoms with Crippen LogP contribution in [0.5, 0.6) is 0 Å². The van der Waals surface area contributed by atoms with Crippen molar-refractivity contribution in [1.29, 1.82) is 5.26 Å². The molecule has 3 aromatic rings. The van der Waals surface area contributed by atoms with Crippen LogP contribution in [0.25, 0.3) is 10.7 Å². The summed E-state index contributed by atoms with van der Waals surface area (Å²) in [6.07, 6.45) is 0.258. The normalized spacial score (nSPS) is 11.7. The number of anilines is 1. The van der Waals surface area contributed by atoms with Crippen LogP contribution in [0.3, 0.4) is 0 Å². The third-order valence-corrected chi connectivity index (χ3v) is 5.73. The van der Waals surface area contributed by atoms with Gasteiger partial charge in [-0.2, -0.15) is 5.26 Å². The molecule has 138 valence electrons. The average molecular weight is 399 g/mol. The van der Waals surface area contributed by atoms with E-state index in [2.05, 4.69) is 16.3 Å². The van der Waals surface area contributed by atoms with Crippen molar-refractivity contribution in [2.75, 3.05) is 17.3 Å². The van der Waals surface area contributed by atoms with E-state index in [1.165, 1.54) is 27.8 Å². The third kappa shape index (κ3) is 4.30. The van der Waals surface area contributed by atoms with E-state index in [4.69, 9.17) is 11.1 Å². The van der Waals surface area contributed by atoms with Crippen LogP contribution in [0.15, 0.2) is 53.0 Å². The monoisotopic (exact) mass is 398 g/mol. The molecule has 2 aromatic heterocycles. The van der Waals surface area contributed by atoms with E-state index in [-0.39, 0.29) is 12.3 Å². The van der Waals surface area contributed by atoms with Gasteiger partial charge in [0.05, 0.1) is 22.6 Å². The Morgan fingerprint density at radius 3 is 2.78 bits per heavy atom. The van der Waals surface area contributed by atoms with Crippen LogP contribution < -0.4 is 10.7 Å².